The molecule has 9 heteroatoms. The Kier molecular flexibility index (Phi) is 7.57. The third-order valence-corrected chi connectivity index (χ3v) is 4.72. The summed E-state index contributed by atoms with van der Waals surface area (Å²) in [4.78, 5) is 28.0. The number of amides is 1. The topological polar surface area (TPSA) is 102 Å². The Hall–Kier alpha value is -3.98. The molecule has 1 amide bonds. The van der Waals surface area contributed by atoms with E-state index in [-0.39, 0.29) is 29.8 Å². The van der Waals surface area contributed by atoms with Crippen LogP contribution >= 0.6 is 0 Å². The number of Topliss-reactive ketones (excluding diaryl/α,β-unsaturated/α-hetero) is 1. The predicted octanol–water partition coefficient (Wildman–Crippen LogP) is 3.85. The highest BCUT2D eigenvalue weighted by atomic mass is 19.2. The number of rotatable bonds is 5. The third-order valence-electron chi connectivity index (χ3n) is 4.72. The first-order valence-electron chi connectivity index (χ1n) is 10.1. The van der Waals surface area contributed by atoms with Gasteiger partial charge in [0.25, 0.3) is 5.91 Å². The molecule has 0 aliphatic rings. The summed E-state index contributed by atoms with van der Waals surface area (Å²) < 4.78 is 27.4. The molecule has 4 rings (SSSR count). The van der Waals surface area contributed by atoms with Gasteiger partial charge < -0.3 is 11.1 Å². The summed E-state index contributed by atoms with van der Waals surface area (Å²) in [6.45, 7) is 3.34. The average molecular weight is 451 g/mol. The van der Waals surface area contributed by atoms with Gasteiger partial charge in [-0.05, 0) is 36.2 Å². The van der Waals surface area contributed by atoms with E-state index < -0.39 is 17.5 Å². The van der Waals surface area contributed by atoms with Gasteiger partial charge in [0.2, 0.25) is 0 Å². The largest absolute Gasteiger partial charge is 0.347 e. The molecule has 0 spiro atoms. The summed E-state index contributed by atoms with van der Waals surface area (Å²) in [6.07, 6.45) is 1.47. The Morgan fingerprint density at radius 1 is 1.06 bits per heavy atom. The van der Waals surface area contributed by atoms with Crippen LogP contribution in [0.1, 0.15) is 52.0 Å². The number of hydrogen-bond donors (Lipinski definition) is 2. The highest BCUT2D eigenvalue weighted by Crippen LogP contribution is 2.11. The number of halogens is 2. The van der Waals surface area contributed by atoms with E-state index in [0.717, 1.165) is 12.1 Å². The smallest absolute Gasteiger partial charge is 0.270 e. The summed E-state index contributed by atoms with van der Waals surface area (Å²) >= 11 is 0. The molecule has 4 aromatic rings. The van der Waals surface area contributed by atoms with Crippen molar-refractivity contribution in [2.75, 3.05) is 0 Å². The maximum Gasteiger partial charge on any atom is 0.270 e. The molecule has 0 fully saturated rings. The quantitative estimate of drug-likeness (QED) is 0.449. The van der Waals surface area contributed by atoms with Crippen LogP contribution in [-0.2, 0) is 6.54 Å². The van der Waals surface area contributed by atoms with Gasteiger partial charge in [0.1, 0.15) is 11.4 Å². The van der Waals surface area contributed by atoms with E-state index in [1.54, 1.807) is 6.07 Å². The van der Waals surface area contributed by atoms with Crippen LogP contribution in [0.5, 0.6) is 0 Å². The van der Waals surface area contributed by atoms with E-state index in [1.807, 2.05) is 37.3 Å². The lowest BCUT2D eigenvalue weighted by molar-refractivity contribution is 0.0946. The summed E-state index contributed by atoms with van der Waals surface area (Å²) in [6, 6.07) is 16.5. The van der Waals surface area contributed by atoms with Crippen molar-refractivity contribution in [2.45, 2.75) is 26.4 Å². The van der Waals surface area contributed by atoms with Crippen LogP contribution in [0.3, 0.4) is 0 Å². The first-order valence-corrected chi connectivity index (χ1v) is 10.1. The van der Waals surface area contributed by atoms with E-state index in [1.165, 1.54) is 35.3 Å². The molecule has 1 atom stereocenters. The standard InChI is InChI=1S/C16H12F2N4O2.C8H11N/c1-9(23)14-7-13(21-15-4-5-20-22(14)15)16(24)19-8-10-2-3-11(17)12(18)6-10;1-7(9)8-5-3-2-4-6-8/h2-7H,8H2,1H3,(H,19,24);2-7H,9H2,1H3/t;7-/m.0/s1. The van der Waals surface area contributed by atoms with Gasteiger partial charge >= 0.3 is 0 Å². The Morgan fingerprint density at radius 3 is 2.39 bits per heavy atom. The molecule has 0 saturated heterocycles. The number of hydrogen-bond acceptors (Lipinski definition) is 5. The zero-order chi connectivity index (χ0) is 24.0. The van der Waals surface area contributed by atoms with Crippen LogP contribution in [-0.4, -0.2) is 26.3 Å². The van der Waals surface area contributed by atoms with Crippen molar-refractivity contribution in [3.05, 3.63) is 101 Å². The molecular weight excluding hydrogens is 428 g/mol. The second-order valence-electron chi connectivity index (χ2n) is 7.31. The minimum absolute atomic E-state index is 0.00242. The number of aromatic nitrogens is 3. The number of nitrogens with one attached hydrogen (secondary N) is 1. The Labute approximate surface area is 189 Å². The van der Waals surface area contributed by atoms with Gasteiger partial charge in [0, 0.05) is 25.6 Å². The van der Waals surface area contributed by atoms with Crippen molar-refractivity contribution >= 4 is 17.3 Å². The Bertz CT molecular complexity index is 1270. The van der Waals surface area contributed by atoms with Crippen LogP contribution in [0.15, 0.2) is 66.9 Å². The fourth-order valence-corrected chi connectivity index (χ4v) is 2.96. The molecule has 0 unspecified atom stereocenters. The summed E-state index contributed by atoms with van der Waals surface area (Å²) in [5.41, 5.74) is 7.83. The van der Waals surface area contributed by atoms with Gasteiger partial charge in [0.05, 0.1) is 6.20 Å². The predicted molar refractivity (Wildman–Crippen MR) is 120 cm³/mol. The van der Waals surface area contributed by atoms with Crippen molar-refractivity contribution in [3.8, 4) is 0 Å². The minimum Gasteiger partial charge on any atom is -0.347 e. The number of nitrogens with two attached hydrogens (primary N) is 1. The first kappa shape index (κ1) is 23.7. The number of nitrogens with zero attached hydrogens (tertiary/aromatic N) is 3. The second kappa shape index (κ2) is 10.6. The highest BCUT2D eigenvalue weighted by molar-refractivity contribution is 5.98. The number of fused-ring (bicyclic) bond motifs is 1. The van der Waals surface area contributed by atoms with Crippen molar-refractivity contribution < 1.29 is 18.4 Å². The Balaban J connectivity index is 0.000000286. The van der Waals surface area contributed by atoms with E-state index >= 15 is 0 Å². The zero-order valence-electron chi connectivity index (χ0n) is 18.1. The maximum atomic E-state index is 13.2. The van der Waals surface area contributed by atoms with Crippen LogP contribution in [0.2, 0.25) is 0 Å². The van der Waals surface area contributed by atoms with Crippen LogP contribution in [0.4, 0.5) is 8.78 Å². The number of carbonyl (C=O) groups excluding carboxylic acids is 2. The van der Waals surface area contributed by atoms with Crippen molar-refractivity contribution in [2.24, 2.45) is 5.73 Å². The van der Waals surface area contributed by atoms with Gasteiger partial charge in [-0.25, -0.2) is 18.3 Å². The van der Waals surface area contributed by atoms with Gasteiger partial charge in [-0.3, -0.25) is 9.59 Å². The molecule has 0 radical (unpaired) electrons. The summed E-state index contributed by atoms with van der Waals surface area (Å²) in [5, 5.41) is 6.53. The van der Waals surface area contributed by atoms with Crippen molar-refractivity contribution in [3.63, 3.8) is 0 Å². The Morgan fingerprint density at radius 2 is 1.79 bits per heavy atom. The molecule has 0 aliphatic carbocycles. The van der Waals surface area contributed by atoms with Gasteiger partial charge in [0.15, 0.2) is 23.1 Å². The zero-order valence-corrected chi connectivity index (χ0v) is 18.1. The van der Waals surface area contributed by atoms with Crippen LogP contribution in [0, 0.1) is 11.6 Å². The molecule has 0 aliphatic heterocycles. The molecule has 0 bridgehead atoms. The van der Waals surface area contributed by atoms with Crippen molar-refractivity contribution in [1.82, 2.24) is 19.9 Å². The average Bonchev–Trinajstić information content (AvgIpc) is 3.28. The van der Waals surface area contributed by atoms with Gasteiger partial charge in [-0.2, -0.15) is 5.10 Å². The number of ketones is 1. The number of benzene rings is 2. The van der Waals surface area contributed by atoms with Crippen LogP contribution in [0.25, 0.3) is 5.65 Å². The normalized spacial score (nSPS) is 11.4. The fourth-order valence-electron chi connectivity index (χ4n) is 2.96. The van der Waals surface area contributed by atoms with E-state index in [4.69, 9.17) is 5.73 Å². The molecular formula is C24H23F2N5O2. The lowest BCUT2D eigenvalue weighted by atomic mass is 10.1. The molecule has 2 aromatic carbocycles. The van der Waals surface area contributed by atoms with Crippen LogP contribution < -0.4 is 11.1 Å². The minimum atomic E-state index is -0.987. The summed E-state index contributed by atoms with van der Waals surface area (Å²) in [5.74, 6) is -2.74. The van der Waals surface area contributed by atoms with Gasteiger partial charge in [-0.15, -0.1) is 0 Å². The molecule has 170 valence electrons. The van der Waals surface area contributed by atoms with E-state index in [9.17, 15) is 18.4 Å². The third kappa shape index (κ3) is 6.05. The lowest BCUT2D eigenvalue weighted by Gasteiger charge is -2.07. The molecule has 3 N–H and O–H groups in total. The van der Waals surface area contributed by atoms with Crippen molar-refractivity contribution in [1.29, 1.82) is 0 Å². The monoisotopic (exact) mass is 451 g/mol. The van der Waals surface area contributed by atoms with E-state index in [2.05, 4.69) is 15.4 Å². The van der Waals surface area contributed by atoms with E-state index in [0.29, 0.717) is 11.2 Å². The first-order chi connectivity index (χ1) is 15.8. The SMILES string of the molecule is CC(=O)c1cc(C(=O)NCc2ccc(F)c(F)c2)nc2ccnn12.C[C@H](N)c1ccccc1. The number of carbonyl (C=O) groups is 2. The molecule has 0 saturated carbocycles. The molecule has 2 aromatic heterocycles. The lowest BCUT2D eigenvalue weighted by Crippen LogP contribution is -2.25. The molecule has 2 heterocycles. The summed E-state index contributed by atoms with van der Waals surface area (Å²) in [7, 11) is 0. The van der Waals surface area contributed by atoms with Gasteiger partial charge in [-0.1, -0.05) is 36.4 Å². The molecule has 33 heavy (non-hydrogen) atoms. The highest BCUT2D eigenvalue weighted by Gasteiger charge is 2.15. The molecule has 7 nitrogen and oxygen atoms in total. The maximum absolute atomic E-state index is 13.2. The fraction of sp³-hybridized carbons (Fsp3) is 0.167. The second-order valence-corrected chi connectivity index (χ2v) is 7.31.